The van der Waals surface area contributed by atoms with Crippen LogP contribution in [-0.4, -0.2) is 42.6 Å². The summed E-state index contributed by atoms with van der Waals surface area (Å²) < 4.78 is 0. The maximum atomic E-state index is 6.40. The van der Waals surface area contributed by atoms with Crippen molar-refractivity contribution >= 4 is 17.4 Å². The molecule has 0 amide bonds. The molecule has 2 aromatic rings. The van der Waals surface area contributed by atoms with Crippen LogP contribution in [0.2, 0.25) is 5.02 Å². The van der Waals surface area contributed by atoms with Gasteiger partial charge in [-0.1, -0.05) is 35.9 Å². The Kier molecular flexibility index (Phi) is 6.31. The molecular weight excluding hydrogens is 354 g/mol. The van der Waals surface area contributed by atoms with Gasteiger partial charge in [-0.15, -0.1) is 0 Å². The van der Waals surface area contributed by atoms with Gasteiger partial charge >= 0.3 is 0 Å². The second kappa shape index (κ2) is 9.07. The summed E-state index contributed by atoms with van der Waals surface area (Å²) in [4.78, 5) is 9.53. The minimum atomic E-state index is 0.664. The summed E-state index contributed by atoms with van der Waals surface area (Å²) in [6, 6.07) is 14.6. The monoisotopic (exact) mass is 383 g/mol. The zero-order chi connectivity index (χ0) is 18.5. The van der Waals surface area contributed by atoms with Crippen LogP contribution in [0.15, 0.2) is 48.7 Å². The Morgan fingerprint density at radius 2 is 1.63 bits per heavy atom. The van der Waals surface area contributed by atoms with E-state index >= 15 is 0 Å². The van der Waals surface area contributed by atoms with Gasteiger partial charge in [0.25, 0.3) is 0 Å². The fraction of sp³-hybridized carbons (Fsp3) is 0.522. The smallest absolute Gasteiger partial charge is 0.128 e. The van der Waals surface area contributed by atoms with Crippen LogP contribution in [0.25, 0.3) is 0 Å². The summed E-state index contributed by atoms with van der Waals surface area (Å²) in [5.74, 6) is 2.67. The lowest BCUT2D eigenvalue weighted by molar-refractivity contribution is 0.216. The summed E-state index contributed by atoms with van der Waals surface area (Å²) in [7, 11) is 0. The molecule has 0 N–H and O–H groups in total. The Balaban J connectivity index is 1.18. The van der Waals surface area contributed by atoms with Crippen LogP contribution in [0.4, 0.5) is 5.82 Å². The molecule has 1 aliphatic heterocycles. The van der Waals surface area contributed by atoms with Gasteiger partial charge in [0.15, 0.2) is 0 Å². The molecule has 2 aliphatic rings. The lowest BCUT2D eigenvalue weighted by Crippen LogP contribution is -2.47. The highest BCUT2D eigenvalue weighted by molar-refractivity contribution is 6.31. The first kappa shape index (κ1) is 18.8. The lowest BCUT2D eigenvalue weighted by Gasteiger charge is -2.36. The minimum Gasteiger partial charge on any atom is -0.354 e. The van der Waals surface area contributed by atoms with Crippen molar-refractivity contribution in [2.24, 2.45) is 5.92 Å². The van der Waals surface area contributed by atoms with E-state index in [1.807, 2.05) is 24.4 Å². The first-order chi connectivity index (χ1) is 13.3. The maximum absolute atomic E-state index is 6.40. The van der Waals surface area contributed by atoms with Crippen molar-refractivity contribution in [3.05, 3.63) is 59.2 Å². The van der Waals surface area contributed by atoms with Crippen molar-refractivity contribution in [3.8, 4) is 0 Å². The van der Waals surface area contributed by atoms with E-state index in [9.17, 15) is 0 Å². The fourth-order valence-electron chi connectivity index (χ4n) is 4.67. The quantitative estimate of drug-likeness (QED) is 0.705. The number of rotatable bonds is 5. The molecule has 144 valence electrons. The van der Waals surface area contributed by atoms with Crippen molar-refractivity contribution in [1.82, 2.24) is 9.88 Å². The Bertz CT molecular complexity index is 705. The molecule has 4 rings (SSSR count). The average Bonchev–Trinajstić information content (AvgIpc) is 2.74. The Morgan fingerprint density at radius 3 is 2.33 bits per heavy atom. The van der Waals surface area contributed by atoms with Crippen LogP contribution in [-0.2, 0) is 0 Å². The standard InChI is InChI=1S/C23H30ClN3/c24-22-6-2-1-5-21(22)20-10-8-19(9-11-20)12-14-26-15-17-27(18-16-26)23-7-3-4-13-25-23/h1-7,13,19-20H,8-12,14-18H2. The number of hydrogen-bond donors (Lipinski definition) is 0. The van der Waals surface area contributed by atoms with Crippen molar-refractivity contribution in [2.45, 2.75) is 38.0 Å². The van der Waals surface area contributed by atoms with Gasteiger partial charge in [0.05, 0.1) is 0 Å². The molecule has 0 unspecified atom stereocenters. The highest BCUT2D eigenvalue weighted by Gasteiger charge is 2.25. The molecule has 2 fully saturated rings. The Hall–Kier alpha value is -1.58. The number of halogens is 1. The van der Waals surface area contributed by atoms with Gasteiger partial charge in [-0.3, -0.25) is 4.90 Å². The zero-order valence-electron chi connectivity index (χ0n) is 16.1. The SMILES string of the molecule is Clc1ccccc1C1CCC(CCN2CCN(c3ccccn3)CC2)CC1. The minimum absolute atomic E-state index is 0.664. The van der Waals surface area contributed by atoms with Crippen LogP contribution in [0.1, 0.15) is 43.6 Å². The van der Waals surface area contributed by atoms with Gasteiger partial charge in [-0.05, 0) is 74.2 Å². The van der Waals surface area contributed by atoms with E-state index in [1.165, 1.54) is 44.2 Å². The molecule has 1 saturated carbocycles. The summed E-state index contributed by atoms with van der Waals surface area (Å²) >= 11 is 6.40. The van der Waals surface area contributed by atoms with E-state index in [2.05, 4.69) is 39.0 Å². The molecule has 27 heavy (non-hydrogen) atoms. The molecule has 1 aromatic carbocycles. The fourth-order valence-corrected chi connectivity index (χ4v) is 4.96. The third kappa shape index (κ3) is 4.83. The van der Waals surface area contributed by atoms with Crippen LogP contribution in [0, 0.1) is 5.92 Å². The Labute approximate surface area is 168 Å². The lowest BCUT2D eigenvalue weighted by atomic mass is 9.77. The van der Waals surface area contributed by atoms with Crippen LogP contribution in [0.5, 0.6) is 0 Å². The van der Waals surface area contributed by atoms with Crippen LogP contribution in [0.3, 0.4) is 0 Å². The van der Waals surface area contributed by atoms with Gasteiger partial charge in [-0.25, -0.2) is 4.98 Å². The first-order valence-corrected chi connectivity index (χ1v) is 10.8. The molecule has 1 aliphatic carbocycles. The summed E-state index contributed by atoms with van der Waals surface area (Å²) in [6.45, 7) is 5.75. The van der Waals surface area contributed by atoms with E-state index in [0.717, 1.165) is 42.9 Å². The van der Waals surface area contributed by atoms with Crippen LogP contribution < -0.4 is 4.90 Å². The maximum Gasteiger partial charge on any atom is 0.128 e. The number of nitrogens with zero attached hydrogens (tertiary/aromatic N) is 3. The molecule has 1 aromatic heterocycles. The van der Waals surface area contributed by atoms with E-state index < -0.39 is 0 Å². The summed E-state index contributed by atoms with van der Waals surface area (Å²) in [5.41, 5.74) is 1.36. The van der Waals surface area contributed by atoms with Crippen LogP contribution >= 0.6 is 11.6 Å². The number of pyridine rings is 1. The Morgan fingerprint density at radius 1 is 0.889 bits per heavy atom. The number of anilines is 1. The van der Waals surface area contributed by atoms with Gasteiger partial charge in [0.1, 0.15) is 5.82 Å². The first-order valence-electron chi connectivity index (χ1n) is 10.4. The third-order valence-corrected chi connectivity index (χ3v) is 6.74. The molecule has 0 radical (unpaired) electrons. The predicted octanol–water partition coefficient (Wildman–Crippen LogP) is 5.22. The summed E-state index contributed by atoms with van der Waals surface area (Å²) in [5, 5.41) is 0.951. The molecule has 2 heterocycles. The third-order valence-electron chi connectivity index (χ3n) is 6.39. The number of hydrogen-bond acceptors (Lipinski definition) is 3. The zero-order valence-corrected chi connectivity index (χ0v) is 16.8. The second-order valence-electron chi connectivity index (χ2n) is 8.04. The number of benzene rings is 1. The number of aromatic nitrogens is 1. The van der Waals surface area contributed by atoms with Gasteiger partial charge in [0, 0.05) is 37.4 Å². The van der Waals surface area contributed by atoms with E-state index in [0.29, 0.717) is 5.92 Å². The van der Waals surface area contributed by atoms with E-state index in [-0.39, 0.29) is 0 Å². The molecule has 3 nitrogen and oxygen atoms in total. The average molecular weight is 384 g/mol. The molecule has 0 bridgehead atoms. The van der Waals surface area contributed by atoms with Gasteiger partial charge in [-0.2, -0.15) is 0 Å². The topological polar surface area (TPSA) is 19.4 Å². The molecular formula is C23H30ClN3. The van der Waals surface area contributed by atoms with Crippen molar-refractivity contribution in [2.75, 3.05) is 37.6 Å². The van der Waals surface area contributed by atoms with Crippen molar-refractivity contribution in [3.63, 3.8) is 0 Å². The van der Waals surface area contributed by atoms with E-state index in [4.69, 9.17) is 11.6 Å². The summed E-state index contributed by atoms with van der Waals surface area (Å²) in [6.07, 6.45) is 8.52. The van der Waals surface area contributed by atoms with E-state index in [1.54, 1.807) is 0 Å². The highest BCUT2D eigenvalue weighted by atomic mass is 35.5. The van der Waals surface area contributed by atoms with Gasteiger partial charge in [0.2, 0.25) is 0 Å². The van der Waals surface area contributed by atoms with Gasteiger partial charge < -0.3 is 4.90 Å². The normalized spacial score (nSPS) is 24.1. The largest absolute Gasteiger partial charge is 0.354 e. The molecule has 0 atom stereocenters. The second-order valence-corrected chi connectivity index (χ2v) is 8.45. The molecule has 1 saturated heterocycles. The van der Waals surface area contributed by atoms with Crippen molar-refractivity contribution in [1.29, 1.82) is 0 Å². The predicted molar refractivity (Wildman–Crippen MR) is 114 cm³/mol. The number of piperazine rings is 1. The molecule has 0 spiro atoms. The van der Waals surface area contributed by atoms with Crippen molar-refractivity contribution < 1.29 is 0 Å². The highest BCUT2D eigenvalue weighted by Crippen LogP contribution is 2.39. The molecule has 4 heteroatoms.